The van der Waals surface area contributed by atoms with E-state index in [1.807, 2.05) is 7.05 Å². The minimum absolute atomic E-state index is 0.183. The molecule has 0 bridgehead atoms. The van der Waals surface area contributed by atoms with Gasteiger partial charge in [-0.1, -0.05) is 17.7 Å². The van der Waals surface area contributed by atoms with E-state index >= 15 is 0 Å². The summed E-state index contributed by atoms with van der Waals surface area (Å²) in [7, 11) is 3.41. The van der Waals surface area contributed by atoms with Gasteiger partial charge in [0.2, 0.25) is 0 Å². The molecule has 20 heavy (non-hydrogen) atoms. The zero-order valence-electron chi connectivity index (χ0n) is 12.0. The van der Waals surface area contributed by atoms with Crippen LogP contribution in [0.15, 0.2) is 18.2 Å². The molecule has 6 heteroatoms. The third-order valence-corrected chi connectivity index (χ3v) is 3.06. The molecule has 0 fully saturated rings. The maximum atomic E-state index is 11.8. The molecule has 0 radical (unpaired) electrons. The van der Waals surface area contributed by atoms with Crippen LogP contribution in [0, 0.1) is 0 Å². The Kier molecular flexibility index (Phi) is 7.36. The van der Waals surface area contributed by atoms with Gasteiger partial charge in [-0.3, -0.25) is 4.79 Å². The van der Waals surface area contributed by atoms with Gasteiger partial charge in [0.25, 0.3) is 5.91 Å². The third-order valence-electron chi connectivity index (χ3n) is 2.71. The van der Waals surface area contributed by atoms with Gasteiger partial charge in [0.1, 0.15) is 5.75 Å². The number of carbonyl (C=O) groups is 1. The zero-order chi connectivity index (χ0) is 15.0. The Bertz CT molecular complexity index is 440. The lowest BCUT2D eigenvalue weighted by Crippen LogP contribution is -2.38. The summed E-state index contributed by atoms with van der Waals surface area (Å²) < 4.78 is 10.6. The Hall–Kier alpha value is -1.30. The highest BCUT2D eigenvalue weighted by atomic mass is 35.5. The fraction of sp³-hybridized carbons (Fsp3) is 0.500. The van der Waals surface area contributed by atoms with Crippen LogP contribution in [0.25, 0.3) is 0 Å². The number of halogens is 1. The average molecular weight is 301 g/mol. The number of amides is 1. The van der Waals surface area contributed by atoms with Gasteiger partial charge in [0.15, 0.2) is 6.10 Å². The molecule has 0 aliphatic heterocycles. The Morgan fingerprint density at radius 2 is 2.20 bits per heavy atom. The number of nitrogens with one attached hydrogen (secondary N) is 2. The molecule has 0 aliphatic carbocycles. The van der Waals surface area contributed by atoms with E-state index in [1.54, 1.807) is 32.2 Å². The summed E-state index contributed by atoms with van der Waals surface area (Å²) in [5, 5.41) is 6.37. The Balaban J connectivity index is 2.67. The second-order valence-corrected chi connectivity index (χ2v) is 4.70. The predicted octanol–water partition coefficient (Wildman–Crippen LogP) is 1.59. The van der Waals surface area contributed by atoms with Crippen molar-refractivity contribution in [2.24, 2.45) is 0 Å². The van der Waals surface area contributed by atoms with Crippen molar-refractivity contribution in [3.8, 4) is 5.75 Å². The molecular weight excluding hydrogens is 280 g/mol. The molecule has 0 saturated carbocycles. The Morgan fingerprint density at radius 3 is 2.85 bits per heavy atom. The molecule has 0 spiro atoms. The standard InChI is InChI=1S/C14H21ClN2O3/c1-10(14(18)17-7-8-19-3)20-13-6-4-5-12(15)11(13)9-16-2/h4-6,10,16H,7-9H2,1-3H3,(H,17,18). The largest absolute Gasteiger partial charge is 0.481 e. The summed E-state index contributed by atoms with van der Waals surface area (Å²) >= 11 is 6.14. The van der Waals surface area contributed by atoms with E-state index in [4.69, 9.17) is 21.1 Å². The first kappa shape index (κ1) is 16.8. The van der Waals surface area contributed by atoms with Crippen molar-refractivity contribution in [2.45, 2.75) is 19.6 Å². The van der Waals surface area contributed by atoms with Gasteiger partial charge in [-0.25, -0.2) is 0 Å². The molecule has 5 nitrogen and oxygen atoms in total. The highest BCUT2D eigenvalue weighted by Gasteiger charge is 2.16. The maximum absolute atomic E-state index is 11.8. The van der Waals surface area contributed by atoms with Crippen molar-refractivity contribution in [2.75, 3.05) is 27.3 Å². The third kappa shape index (κ3) is 5.00. The van der Waals surface area contributed by atoms with Crippen molar-refractivity contribution < 1.29 is 14.3 Å². The SMILES string of the molecule is CNCc1c(Cl)cccc1OC(C)C(=O)NCCOC. The van der Waals surface area contributed by atoms with Crippen molar-refractivity contribution >= 4 is 17.5 Å². The quantitative estimate of drug-likeness (QED) is 0.716. The lowest BCUT2D eigenvalue weighted by molar-refractivity contribution is -0.127. The number of ether oxygens (including phenoxy) is 2. The van der Waals surface area contributed by atoms with Crippen LogP contribution in [-0.4, -0.2) is 39.3 Å². The summed E-state index contributed by atoms with van der Waals surface area (Å²) in [5.41, 5.74) is 0.841. The molecular formula is C14H21ClN2O3. The number of benzene rings is 1. The second-order valence-electron chi connectivity index (χ2n) is 4.29. The molecule has 0 aromatic heterocycles. The first-order valence-electron chi connectivity index (χ1n) is 6.45. The van der Waals surface area contributed by atoms with Gasteiger partial charge in [0, 0.05) is 30.8 Å². The van der Waals surface area contributed by atoms with Crippen LogP contribution in [0.5, 0.6) is 5.75 Å². The minimum Gasteiger partial charge on any atom is -0.481 e. The first-order chi connectivity index (χ1) is 9.60. The minimum atomic E-state index is -0.596. The number of hydrogen-bond donors (Lipinski definition) is 2. The fourth-order valence-electron chi connectivity index (χ4n) is 1.66. The van der Waals surface area contributed by atoms with Crippen LogP contribution in [0.4, 0.5) is 0 Å². The monoisotopic (exact) mass is 300 g/mol. The van der Waals surface area contributed by atoms with Gasteiger partial charge in [0.05, 0.1) is 6.61 Å². The summed E-state index contributed by atoms with van der Waals surface area (Å²) in [5.74, 6) is 0.429. The number of hydrogen-bond acceptors (Lipinski definition) is 4. The van der Waals surface area contributed by atoms with Gasteiger partial charge in [-0.05, 0) is 26.1 Å². The molecule has 1 atom stereocenters. The fourth-order valence-corrected chi connectivity index (χ4v) is 1.89. The summed E-state index contributed by atoms with van der Waals surface area (Å²) in [6.07, 6.45) is -0.596. The lowest BCUT2D eigenvalue weighted by atomic mass is 10.2. The zero-order valence-corrected chi connectivity index (χ0v) is 12.8. The van der Waals surface area contributed by atoms with Crippen molar-refractivity contribution in [3.63, 3.8) is 0 Å². The summed E-state index contributed by atoms with van der Waals surface area (Å²) in [4.78, 5) is 11.8. The van der Waals surface area contributed by atoms with Gasteiger partial charge in [-0.2, -0.15) is 0 Å². The molecule has 2 N–H and O–H groups in total. The molecule has 0 aliphatic rings. The molecule has 1 rings (SSSR count). The molecule has 112 valence electrons. The van der Waals surface area contributed by atoms with Crippen LogP contribution in [0.2, 0.25) is 5.02 Å². The number of rotatable bonds is 8. The van der Waals surface area contributed by atoms with Crippen LogP contribution in [0.1, 0.15) is 12.5 Å². The van der Waals surface area contributed by atoms with Gasteiger partial charge in [-0.15, -0.1) is 0 Å². The van der Waals surface area contributed by atoms with Gasteiger partial charge >= 0.3 is 0 Å². The summed E-state index contributed by atoms with van der Waals surface area (Å²) in [6.45, 7) is 3.21. The molecule has 1 amide bonds. The highest BCUT2D eigenvalue weighted by Crippen LogP contribution is 2.27. The highest BCUT2D eigenvalue weighted by molar-refractivity contribution is 6.31. The van der Waals surface area contributed by atoms with E-state index in [0.29, 0.717) is 30.5 Å². The molecule has 0 heterocycles. The van der Waals surface area contributed by atoms with Gasteiger partial charge < -0.3 is 20.1 Å². The van der Waals surface area contributed by atoms with Crippen molar-refractivity contribution in [1.82, 2.24) is 10.6 Å². The van der Waals surface area contributed by atoms with Crippen molar-refractivity contribution in [1.29, 1.82) is 0 Å². The number of carbonyl (C=O) groups excluding carboxylic acids is 1. The smallest absolute Gasteiger partial charge is 0.260 e. The van der Waals surface area contributed by atoms with Crippen LogP contribution >= 0.6 is 11.6 Å². The normalized spacial score (nSPS) is 12.0. The van der Waals surface area contributed by atoms with E-state index in [-0.39, 0.29) is 5.91 Å². The molecule has 1 aromatic carbocycles. The first-order valence-corrected chi connectivity index (χ1v) is 6.83. The Morgan fingerprint density at radius 1 is 1.45 bits per heavy atom. The second kappa shape index (κ2) is 8.79. The van der Waals surface area contributed by atoms with E-state index in [1.165, 1.54) is 0 Å². The van der Waals surface area contributed by atoms with Crippen LogP contribution in [-0.2, 0) is 16.1 Å². The van der Waals surface area contributed by atoms with Crippen LogP contribution in [0.3, 0.4) is 0 Å². The Labute approximate surface area is 124 Å². The topological polar surface area (TPSA) is 59.6 Å². The van der Waals surface area contributed by atoms with Crippen LogP contribution < -0.4 is 15.4 Å². The van der Waals surface area contributed by atoms with E-state index in [2.05, 4.69) is 10.6 Å². The molecule has 1 unspecified atom stereocenters. The van der Waals surface area contributed by atoms with E-state index < -0.39 is 6.10 Å². The predicted molar refractivity (Wildman–Crippen MR) is 79.2 cm³/mol. The average Bonchev–Trinajstić information content (AvgIpc) is 2.42. The lowest BCUT2D eigenvalue weighted by Gasteiger charge is -2.18. The van der Waals surface area contributed by atoms with E-state index in [9.17, 15) is 4.79 Å². The number of methoxy groups -OCH3 is 1. The maximum Gasteiger partial charge on any atom is 0.260 e. The molecule has 1 aromatic rings. The summed E-state index contributed by atoms with van der Waals surface area (Å²) in [6, 6.07) is 5.40. The van der Waals surface area contributed by atoms with E-state index in [0.717, 1.165) is 5.56 Å². The molecule has 0 saturated heterocycles. The van der Waals surface area contributed by atoms with Crippen molar-refractivity contribution in [3.05, 3.63) is 28.8 Å².